The molecule has 2 atom stereocenters. The molecule has 0 amide bonds. The van der Waals surface area contributed by atoms with Gasteiger partial charge in [-0.05, 0) is 69.7 Å². The van der Waals surface area contributed by atoms with Crippen LogP contribution in [-0.4, -0.2) is 23.9 Å². The zero-order chi connectivity index (χ0) is 20.2. The van der Waals surface area contributed by atoms with E-state index in [-0.39, 0.29) is 17.7 Å². The Kier molecular flexibility index (Phi) is 6.06. The predicted octanol–water partition coefficient (Wildman–Crippen LogP) is 4.48. The Morgan fingerprint density at radius 3 is 2.62 bits per heavy atom. The first kappa shape index (κ1) is 19.8. The molecule has 4 nitrogen and oxygen atoms in total. The molecule has 0 spiro atoms. The highest BCUT2D eigenvalue weighted by Crippen LogP contribution is 2.27. The SMILES string of the molecule is Cc1cc(OC[C@H]2CCCCO2)cc(=O)n1[C@H](C)c1ccc(C#CC2CC2)cc1. The Bertz CT molecular complexity index is 954. The summed E-state index contributed by atoms with van der Waals surface area (Å²) in [6.45, 7) is 5.31. The second-order valence-electron chi connectivity index (χ2n) is 8.18. The number of hydrogen-bond donors (Lipinski definition) is 0. The molecule has 0 bridgehead atoms. The zero-order valence-electron chi connectivity index (χ0n) is 17.3. The van der Waals surface area contributed by atoms with Crippen LogP contribution in [0.5, 0.6) is 5.75 Å². The van der Waals surface area contributed by atoms with Crippen LogP contribution in [0, 0.1) is 24.7 Å². The number of benzene rings is 1. The van der Waals surface area contributed by atoms with E-state index in [0.717, 1.165) is 36.3 Å². The Morgan fingerprint density at radius 1 is 1.17 bits per heavy atom. The molecule has 4 rings (SSSR count). The molecule has 1 aromatic carbocycles. The second kappa shape index (κ2) is 8.88. The molecule has 29 heavy (non-hydrogen) atoms. The van der Waals surface area contributed by atoms with Crippen LogP contribution in [0.3, 0.4) is 0 Å². The summed E-state index contributed by atoms with van der Waals surface area (Å²) in [5, 5.41) is 0. The maximum Gasteiger partial charge on any atom is 0.254 e. The van der Waals surface area contributed by atoms with Crippen LogP contribution < -0.4 is 10.3 Å². The average molecular weight is 392 g/mol. The van der Waals surface area contributed by atoms with Gasteiger partial charge < -0.3 is 14.0 Å². The first-order valence-corrected chi connectivity index (χ1v) is 10.7. The zero-order valence-corrected chi connectivity index (χ0v) is 17.3. The van der Waals surface area contributed by atoms with Gasteiger partial charge in [0.2, 0.25) is 0 Å². The minimum absolute atomic E-state index is 0.0466. The average Bonchev–Trinajstić information content (AvgIpc) is 3.56. The number of pyridine rings is 1. The molecular weight excluding hydrogens is 362 g/mol. The number of aromatic nitrogens is 1. The Balaban J connectivity index is 1.45. The topological polar surface area (TPSA) is 40.5 Å². The maximum atomic E-state index is 12.8. The van der Waals surface area contributed by atoms with E-state index < -0.39 is 0 Å². The molecule has 1 aliphatic heterocycles. The van der Waals surface area contributed by atoms with Crippen molar-refractivity contribution in [1.29, 1.82) is 0 Å². The lowest BCUT2D eigenvalue weighted by molar-refractivity contribution is -0.0111. The Morgan fingerprint density at radius 2 is 1.97 bits per heavy atom. The van der Waals surface area contributed by atoms with Crippen molar-refractivity contribution < 1.29 is 9.47 Å². The van der Waals surface area contributed by atoms with Crippen molar-refractivity contribution in [3.05, 3.63) is 63.6 Å². The first-order valence-electron chi connectivity index (χ1n) is 10.7. The lowest BCUT2D eigenvalue weighted by Gasteiger charge is -2.23. The summed E-state index contributed by atoms with van der Waals surface area (Å²) in [6, 6.07) is 11.7. The Labute approximate surface area is 172 Å². The summed E-state index contributed by atoms with van der Waals surface area (Å²) in [7, 11) is 0. The van der Waals surface area contributed by atoms with Crippen LogP contribution in [0.4, 0.5) is 0 Å². The number of ether oxygens (including phenoxy) is 2. The first-order chi connectivity index (χ1) is 14.1. The molecule has 0 unspecified atom stereocenters. The van der Waals surface area contributed by atoms with Crippen LogP contribution in [0.2, 0.25) is 0 Å². The third-order valence-electron chi connectivity index (χ3n) is 5.72. The lowest BCUT2D eigenvalue weighted by Crippen LogP contribution is -2.28. The molecule has 152 valence electrons. The van der Waals surface area contributed by atoms with Crippen LogP contribution in [-0.2, 0) is 4.74 Å². The minimum atomic E-state index is -0.0522. The smallest absolute Gasteiger partial charge is 0.254 e. The van der Waals surface area contributed by atoms with Crippen LogP contribution in [0.25, 0.3) is 0 Å². The number of hydrogen-bond acceptors (Lipinski definition) is 3. The van der Waals surface area contributed by atoms with Gasteiger partial charge in [0.1, 0.15) is 12.4 Å². The van der Waals surface area contributed by atoms with E-state index in [1.807, 2.05) is 29.7 Å². The fourth-order valence-electron chi connectivity index (χ4n) is 3.80. The fourth-order valence-corrected chi connectivity index (χ4v) is 3.80. The van der Waals surface area contributed by atoms with Gasteiger partial charge in [0.05, 0.1) is 12.1 Å². The van der Waals surface area contributed by atoms with Gasteiger partial charge in [-0.15, -0.1) is 0 Å². The van der Waals surface area contributed by atoms with Gasteiger partial charge in [-0.2, -0.15) is 0 Å². The molecule has 2 aliphatic rings. The third-order valence-corrected chi connectivity index (χ3v) is 5.72. The highest BCUT2D eigenvalue weighted by atomic mass is 16.5. The minimum Gasteiger partial charge on any atom is -0.491 e. The molecule has 1 aliphatic carbocycles. The van der Waals surface area contributed by atoms with Crippen molar-refractivity contribution in [3.8, 4) is 17.6 Å². The van der Waals surface area contributed by atoms with Crippen LogP contribution in [0.1, 0.15) is 61.9 Å². The van der Waals surface area contributed by atoms with E-state index >= 15 is 0 Å². The number of nitrogens with zero attached hydrogens (tertiary/aromatic N) is 1. The van der Waals surface area contributed by atoms with E-state index in [1.54, 1.807) is 6.07 Å². The van der Waals surface area contributed by atoms with E-state index in [1.165, 1.54) is 19.3 Å². The van der Waals surface area contributed by atoms with Crippen molar-refractivity contribution in [3.63, 3.8) is 0 Å². The van der Waals surface area contributed by atoms with E-state index in [0.29, 0.717) is 18.3 Å². The largest absolute Gasteiger partial charge is 0.491 e. The van der Waals surface area contributed by atoms with Gasteiger partial charge in [-0.3, -0.25) is 4.79 Å². The van der Waals surface area contributed by atoms with Crippen molar-refractivity contribution in [2.45, 2.75) is 58.1 Å². The van der Waals surface area contributed by atoms with Gasteiger partial charge >= 0.3 is 0 Å². The second-order valence-corrected chi connectivity index (χ2v) is 8.18. The van der Waals surface area contributed by atoms with Crippen LogP contribution >= 0.6 is 0 Å². The fraction of sp³-hybridized carbons (Fsp3) is 0.480. The molecule has 0 radical (unpaired) electrons. The molecule has 1 saturated heterocycles. The molecule has 2 aromatic rings. The quantitative estimate of drug-likeness (QED) is 0.706. The van der Waals surface area contributed by atoms with Gasteiger partial charge in [-0.25, -0.2) is 0 Å². The summed E-state index contributed by atoms with van der Waals surface area (Å²) >= 11 is 0. The standard InChI is InChI=1S/C25H29NO3/c1-18-15-24(29-17-23-5-3-4-14-28-23)16-25(27)26(18)19(2)22-12-10-21(11-13-22)9-8-20-6-7-20/h10-13,15-16,19-20,23H,3-7,14,17H2,1-2H3/t19-,23-/m1/s1. The predicted molar refractivity (Wildman–Crippen MR) is 114 cm³/mol. The molecule has 2 heterocycles. The summed E-state index contributed by atoms with van der Waals surface area (Å²) < 4.78 is 13.4. The maximum absolute atomic E-state index is 12.8. The highest BCUT2D eigenvalue weighted by molar-refractivity contribution is 5.38. The normalized spacial score (nSPS) is 19.9. The number of rotatable bonds is 5. The van der Waals surface area contributed by atoms with Crippen molar-refractivity contribution in [2.24, 2.45) is 5.92 Å². The molecule has 1 saturated carbocycles. The highest BCUT2D eigenvalue weighted by Gasteiger charge is 2.18. The van der Waals surface area contributed by atoms with Gasteiger partial charge in [0.25, 0.3) is 5.56 Å². The van der Waals surface area contributed by atoms with Gasteiger partial charge in [0.15, 0.2) is 0 Å². The van der Waals surface area contributed by atoms with E-state index in [4.69, 9.17) is 9.47 Å². The van der Waals surface area contributed by atoms with E-state index in [2.05, 4.69) is 30.9 Å². The summed E-state index contributed by atoms with van der Waals surface area (Å²) in [5.41, 5.74) is 2.97. The summed E-state index contributed by atoms with van der Waals surface area (Å²) in [4.78, 5) is 12.8. The lowest BCUT2D eigenvalue weighted by atomic mass is 10.1. The number of aryl methyl sites for hydroxylation is 1. The molecule has 0 N–H and O–H groups in total. The van der Waals surface area contributed by atoms with Crippen molar-refractivity contribution >= 4 is 0 Å². The molecule has 2 fully saturated rings. The van der Waals surface area contributed by atoms with Gasteiger partial charge in [-0.1, -0.05) is 24.0 Å². The van der Waals surface area contributed by atoms with Crippen LogP contribution in [0.15, 0.2) is 41.2 Å². The van der Waals surface area contributed by atoms with E-state index in [9.17, 15) is 4.79 Å². The molecule has 1 aromatic heterocycles. The van der Waals surface area contributed by atoms with Crippen molar-refractivity contribution in [1.82, 2.24) is 4.57 Å². The van der Waals surface area contributed by atoms with Crippen molar-refractivity contribution in [2.75, 3.05) is 13.2 Å². The Hall–Kier alpha value is -2.51. The summed E-state index contributed by atoms with van der Waals surface area (Å²) in [5.74, 6) is 7.74. The van der Waals surface area contributed by atoms with Gasteiger partial charge in [0, 0.05) is 29.8 Å². The molecular formula is C25H29NO3. The summed E-state index contributed by atoms with van der Waals surface area (Å²) in [6.07, 6.45) is 5.92. The monoisotopic (exact) mass is 391 g/mol. The third kappa shape index (κ3) is 5.10. The molecule has 4 heteroatoms.